The number of rotatable bonds is 8. The second-order valence-corrected chi connectivity index (χ2v) is 10.3. The molecule has 2 saturated heterocycles. The zero-order valence-electron chi connectivity index (χ0n) is 24.2. The molecule has 2 heterocycles. The molecule has 232 valence electrons. The standard InChI is InChI=1S/C28H33N3O5.C2HF3O2/c1-5-28(27(35)36-4)23-22(25(33)31(26(23)34)16-19-10-8-7-9-11-19)21(29-28)17-30(6-2)24(32)20-14-12-18(3)13-15-20;3-2(4,5)1(6)7/h7-15,21-23,29H,5-6,16-17H2,1-4H3;(H,6,7)/t21-,22+,23-,28-;/m1./s1. The van der Waals surface area contributed by atoms with Gasteiger partial charge < -0.3 is 14.7 Å². The van der Waals surface area contributed by atoms with Gasteiger partial charge in [0, 0.05) is 24.7 Å². The number of halogens is 3. The maximum atomic E-state index is 13.7. The number of carboxylic acids is 1. The number of hydrogen-bond acceptors (Lipinski definition) is 7. The van der Waals surface area contributed by atoms with Gasteiger partial charge in [0.1, 0.15) is 5.54 Å². The summed E-state index contributed by atoms with van der Waals surface area (Å²) in [7, 11) is 1.28. The van der Waals surface area contributed by atoms with E-state index in [1.54, 1.807) is 24.0 Å². The predicted octanol–water partition coefficient (Wildman–Crippen LogP) is 3.19. The molecule has 43 heavy (non-hydrogen) atoms. The summed E-state index contributed by atoms with van der Waals surface area (Å²) in [6.07, 6.45) is -4.81. The Morgan fingerprint density at radius 2 is 1.60 bits per heavy atom. The molecule has 2 fully saturated rings. The second kappa shape index (κ2) is 13.4. The fourth-order valence-corrected chi connectivity index (χ4v) is 5.57. The summed E-state index contributed by atoms with van der Waals surface area (Å²) in [6, 6.07) is 16.0. The van der Waals surface area contributed by atoms with Crippen molar-refractivity contribution in [3.63, 3.8) is 0 Å². The Balaban J connectivity index is 0.000000646. The Morgan fingerprint density at radius 3 is 2.09 bits per heavy atom. The number of amides is 3. The third-order valence-corrected chi connectivity index (χ3v) is 7.77. The van der Waals surface area contributed by atoms with Crippen molar-refractivity contribution in [3.8, 4) is 0 Å². The van der Waals surface area contributed by atoms with Crippen LogP contribution in [0, 0.1) is 18.8 Å². The Kier molecular flexibility index (Phi) is 10.3. The fraction of sp³-hybridized carbons (Fsp3) is 0.433. The number of ether oxygens (including phenoxy) is 1. The molecule has 0 aliphatic carbocycles. The van der Waals surface area contributed by atoms with Crippen LogP contribution in [0.1, 0.15) is 41.8 Å². The number of likely N-dealkylation sites (tertiary alicyclic amines) is 1. The van der Waals surface area contributed by atoms with E-state index in [1.165, 1.54) is 12.0 Å². The Bertz CT molecular complexity index is 1350. The molecule has 0 spiro atoms. The number of nitrogens with zero attached hydrogens (tertiary/aromatic N) is 2. The van der Waals surface area contributed by atoms with E-state index in [1.807, 2.05) is 56.3 Å². The van der Waals surface area contributed by atoms with Crippen LogP contribution < -0.4 is 5.32 Å². The van der Waals surface area contributed by atoms with Crippen molar-refractivity contribution in [2.75, 3.05) is 20.2 Å². The molecule has 2 N–H and O–H groups in total. The first-order valence-electron chi connectivity index (χ1n) is 13.6. The van der Waals surface area contributed by atoms with Crippen molar-refractivity contribution in [1.29, 1.82) is 0 Å². The van der Waals surface area contributed by atoms with Gasteiger partial charge >= 0.3 is 18.1 Å². The van der Waals surface area contributed by atoms with Gasteiger partial charge in [0.15, 0.2) is 0 Å². The van der Waals surface area contributed by atoms with Crippen LogP contribution in [0.25, 0.3) is 0 Å². The molecule has 2 aliphatic rings. The van der Waals surface area contributed by atoms with E-state index in [2.05, 4.69) is 5.32 Å². The average molecular weight is 606 g/mol. The maximum Gasteiger partial charge on any atom is 0.490 e. The minimum atomic E-state index is -5.08. The Hall–Kier alpha value is -4.26. The molecule has 0 aromatic heterocycles. The number of methoxy groups -OCH3 is 1. The number of aryl methyl sites for hydroxylation is 1. The molecule has 0 bridgehead atoms. The van der Waals surface area contributed by atoms with Crippen LogP contribution in [-0.2, 0) is 30.5 Å². The topological polar surface area (TPSA) is 133 Å². The van der Waals surface area contributed by atoms with Crippen molar-refractivity contribution in [3.05, 3.63) is 71.3 Å². The van der Waals surface area contributed by atoms with Gasteiger partial charge in [-0.3, -0.25) is 29.4 Å². The lowest BCUT2D eigenvalue weighted by Crippen LogP contribution is -2.58. The summed E-state index contributed by atoms with van der Waals surface area (Å²) in [5.74, 6) is -5.88. The Labute approximate surface area is 246 Å². The van der Waals surface area contributed by atoms with Crippen molar-refractivity contribution in [1.82, 2.24) is 15.1 Å². The van der Waals surface area contributed by atoms with E-state index in [4.69, 9.17) is 14.6 Å². The number of hydrogen-bond donors (Lipinski definition) is 2. The lowest BCUT2D eigenvalue weighted by atomic mass is 9.78. The zero-order valence-corrected chi connectivity index (χ0v) is 24.2. The van der Waals surface area contributed by atoms with Gasteiger partial charge in [0.2, 0.25) is 11.8 Å². The second-order valence-electron chi connectivity index (χ2n) is 10.3. The lowest BCUT2D eigenvalue weighted by molar-refractivity contribution is -0.192. The minimum Gasteiger partial charge on any atom is -0.475 e. The van der Waals surface area contributed by atoms with Crippen molar-refractivity contribution < 1.29 is 47.0 Å². The summed E-state index contributed by atoms with van der Waals surface area (Å²) in [5.41, 5.74) is 1.09. The summed E-state index contributed by atoms with van der Waals surface area (Å²) < 4.78 is 36.9. The van der Waals surface area contributed by atoms with Gasteiger partial charge in [-0.2, -0.15) is 13.2 Å². The number of esters is 1. The zero-order chi connectivity index (χ0) is 32.1. The molecule has 3 amide bonds. The van der Waals surface area contributed by atoms with E-state index in [-0.39, 0.29) is 37.2 Å². The number of carboxylic acid groups (broad SMARTS) is 1. The summed E-state index contributed by atoms with van der Waals surface area (Å²) in [6.45, 7) is 6.36. The van der Waals surface area contributed by atoms with Gasteiger partial charge in [0.25, 0.3) is 5.91 Å². The number of nitrogens with one attached hydrogen (secondary N) is 1. The highest BCUT2D eigenvalue weighted by Gasteiger charge is 2.67. The molecule has 0 saturated carbocycles. The van der Waals surface area contributed by atoms with Crippen LogP contribution in [-0.4, -0.2) is 82.5 Å². The SMILES string of the molecule is CCN(C[C@H]1N[C@@](CC)(C(=O)OC)[C@H]2C(=O)N(Cc3ccccc3)C(=O)[C@@H]12)C(=O)c1ccc(C)cc1.O=C(O)C(F)(F)F. The molecular formula is C30H34F3N3O7. The van der Waals surface area contributed by atoms with Crippen molar-refractivity contribution in [2.24, 2.45) is 11.8 Å². The van der Waals surface area contributed by atoms with Crippen LogP contribution in [0.4, 0.5) is 13.2 Å². The number of imide groups is 1. The third-order valence-electron chi connectivity index (χ3n) is 7.77. The van der Waals surface area contributed by atoms with E-state index in [0.29, 0.717) is 12.1 Å². The first-order chi connectivity index (χ1) is 20.2. The van der Waals surface area contributed by atoms with Crippen LogP contribution in [0.2, 0.25) is 0 Å². The van der Waals surface area contributed by atoms with Crippen LogP contribution in [0.15, 0.2) is 54.6 Å². The van der Waals surface area contributed by atoms with Gasteiger partial charge in [-0.05, 0) is 38.0 Å². The van der Waals surface area contributed by atoms with E-state index >= 15 is 0 Å². The number of likely N-dealkylation sites (N-methyl/N-ethyl adjacent to an activating group) is 1. The number of alkyl halides is 3. The number of benzene rings is 2. The number of carbonyl (C=O) groups is 5. The largest absolute Gasteiger partial charge is 0.490 e. The van der Waals surface area contributed by atoms with E-state index in [9.17, 15) is 32.3 Å². The number of aliphatic carboxylic acids is 1. The molecule has 10 nitrogen and oxygen atoms in total. The van der Waals surface area contributed by atoms with Crippen molar-refractivity contribution in [2.45, 2.75) is 51.5 Å². The minimum absolute atomic E-state index is 0.138. The number of carbonyl (C=O) groups excluding carboxylic acids is 4. The molecule has 4 rings (SSSR count). The van der Waals surface area contributed by atoms with E-state index in [0.717, 1.165) is 11.1 Å². The van der Waals surface area contributed by atoms with Crippen LogP contribution in [0.5, 0.6) is 0 Å². The Morgan fingerprint density at radius 1 is 1.02 bits per heavy atom. The molecule has 13 heteroatoms. The average Bonchev–Trinajstić information content (AvgIpc) is 3.44. The quantitative estimate of drug-likeness (QED) is 0.346. The monoisotopic (exact) mass is 605 g/mol. The summed E-state index contributed by atoms with van der Waals surface area (Å²) in [4.78, 5) is 65.5. The first-order valence-corrected chi connectivity index (χ1v) is 13.6. The first kappa shape index (κ1) is 33.2. The molecule has 4 atom stereocenters. The maximum absolute atomic E-state index is 13.7. The normalized spacial score (nSPS) is 22.9. The highest BCUT2D eigenvalue weighted by atomic mass is 19.4. The van der Waals surface area contributed by atoms with Crippen LogP contribution >= 0.6 is 0 Å². The van der Waals surface area contributed by atoms with Crippen LogP contribution in [0.3, 0.4) is 0 Å². The summed E-state index contributed by atoms with van der Waals surface area (Å²) in [5, 5.41) is 10.4. The smallest absolute Gasteiger partial charge is 0.475 e. The molecule has 2 aliphatic heterocycles. The fourth-order valence-electron chi connectivity index (χ4n) is 5.57. The van der Waals surface area contributed by atoms with Gasteiger partial charge in [-0.1, -0.05) is 55.0 Å². The lowest BCUT2D eigenvalue weighted by Gasteiger charge is -2.32. The third kappa shape index (κ3) is 6.87. The summed E-state index contributed by atoms with van der Waals surface area (Å²) >= 11 is 0. The van der Waals surface area contributed by atoms with E-state index < -0.39 is 41.5 Å². The highest BCUT2D eigenvalue weighted by molar-refractivity contribution is 6.09. The molecule has 0 radical (unpaired) electrons. The highest BCUT2D eigenvalue weighted by Crippen LogP contribution is 2.45. The van der Waals surface area contributed by atoms with Gasteiger partial charge in [-0.15, -0.1) is 0 Å². The molecular weight excluding hydrogens is 571 g/mol. The predicted molar refractivity (Wildman–Crippen MR) is 147 cm³/mol. The molecule has 2 aromatic carbocycles. The number of fused-ring (bicyclic) bond motifs is 1. The molecule has 0 unspecified atom stereocenters. The molecule has 2 aromatic rings. The van der Waals surface area contributed by atoms with Crippen molar-refractivity contribution >= 4 is 29.7 Å². The van der Waals surface area contributed by atoms with Gasteiger partial charge in [-0.25, -0.2) is 4.79 Å². The van der Waals surface area contributed by atoms with Gasteiger partial charge in [0.05, 0.1) is 25.5 Å².